The van der Waals surface area contributed by atoms with E-state index in [0.29, 0.717) is 22.9 Å². The van der Waals surface area contributed by atoms with Crippen LogP contribution in [0.4, 0.5) is 5.69 Å². The molecule has 0 aliphatic heterocycles. The van der Waals surface area contributed by atoms with Crippen LogP contribution in [-0.2, 0) is 4.79 Å². The zero-order chi connectivity index (χ0) is 19.2. The van der Waals surface area contributed by atoms with Gasteiger partial charge in [-0.2, -0.15) is 0 Å². The Labute approximate surface area is 160 Å². The van der Waals surface area contributed by atoms with Crippen LogP contribution in [0.2, 0.25) is 0 Å². The number of ether oxygens (including phenoxy) is 3. The molecule has 1 fully saturated rings. The third kappa shape index (κ3) is 5.16. The molecular weight excluding hydrogens is 342 g/mol. The van der Waals surface area contributed by atoms with Crippen LogP contribution in [0.5, 0.6) is 17.2 Å². The first-order valence-corrected chi connectivity index (χ1v) is 9.44. The number of hydrogen-bond donors (Lipinski definition) is 1. The average molecular weight is 369 g/mol. The molecule has 5 heteroatoms. The monoisotopic (exact) mass is 369 g/mol. The third-order valence-corrected chi connectivity index (χ3v) is 4.70. The number of methoxy groups -OCH3 is 1. The molecule has 0 aromatic heterocycles. The molecule has 27 heavy (non-hydrogen) atoms. The Hall–Kier alpha value is -2.69. The smallest absolute Gasteiger partial charge is 0.265 e. The van der Waals surface area contributed by atoms with Crippen LogP contribution in [0.3, 0.4) is 0 Å². The Morgan fingerprint density at radius 3 is 2.59 bits per heavy atom. The van der Waals surface area contributed by atoms with Gasteiger partial charge in [0.1, 0.15) is 5.75 Å². The molecule has 1 saturated carbocycles. The van der Waals surface area contributed by atoms with Crippen molar-refractivity contribution in [3.63, 3.8) is 0 Å². The zero-order valence-electron chi connectivity index (χ0n) is 16.2. The summed E-state index contributed by atoms with van der Waals surface area (Å²) in [7, 11) is 1.62. The number of benzene rings is 2. The van der Waals surface area contributed by atoms with Gasteiger partial charge in [-0.3, -0.25) is 4.79 Å². The maximum atomic E-state index is 12.5. The summed E-state index contributed by atoms with van der Waals surface area (Å²) < 4.78 is 17.2. The van der Waals surface area contributed by atoms with Crippen LogP contribution in [0.1, 0.15) is 38.2 Å². The molecule has 2 aromatic rings. The van der Waals surface area contributed by atoms with Gasteiger partial charge in [-0.05, 0) is 69.4 Å². The number of aryl methyl sites for hydroxylation is 1. The second kappa shape index (κ2) is 8.80. The van der Waals surface area contributed by atoms with E-state index in [0.717, 1.165) is 18.4 Å². The number of anilines is 1. The van der Waals surface area contributed by atoms with E-state index in [2.05, 4.69) is 5.32 Å². The van der Waals surface area contributed by atoms with Crippen molar-refractivity contribution < 1.29 is 19.0 Å². The SMILES string of the molecule is COc1ccc(NC(=O)C(C)Oc2cccc(C)c2)cc1OC1CCCC1. The van der Waals surface area contributed by atoms with Crippen molar-refractivity contribution in [1.82, 2.24) is 0 Å². The predicted octanol–water partition coefficient (Wildman–Crippen LogP) is 4.73. The molecule has 0 radical (unpaired) electrons. The highest BCUT2D eigenvalue weighted by Crippen LogP contribution is 2.34. The van der Waals surface area contributed by atoms with Gasteiger partial charge in [0.15, 0.2) is 17.6 Å². The summed E-state index contributed by atoms with van der Waals surface area (Å²) in [5.74, 6) is 1.80. The molecule has 2 aromatic carbocycles. The lowest BCUT2D eigenvalue weighted by Gasteiger charge is -2.18. The molecule has 144 valence electrons. The van der Waals surface area contributed by atoms with E-state index in [1.54, 1.807) is 20.1 Å². The van der Waals surface area contributed by atoms with Crippen LogP contribution in [0.25, 0.3) is 0 Å². The number of hydrogen-bond acceptors (Lipinski definition) is 4. The molecule has 1 amide bonds. The van der Waals surface area contributed by atoms with Crippen LogP contribution < -0.4 is 19.5 Å². The summed E-state index contributed by atoms with van der Waals surface area (Å²) in [6.07, 6.45) is 4.10. The van der Waals surface area contributed by atoms with Gasteiger partial charge in [0.05, 0.1) is 13.2 Å². The number of rotatable bonds is 7. The van der Waals surface area contributed by atoms with E-state index < -0.39 is 6.10 Å². The van der Waals surface area contributed by atoms with Gasteiger partial charge in [-0.15, -0.1) is 0 Å². The van der Waals surface area contributed by atoms with Gasteiger partial charge in [-0.1, -0.05) is 12.1 Å². The lowest BCUT2D eigenvalue weighted by molar-refractivity contribution is -0.122. The van der Waals surface area contributed by atoms with E-state index in [4.69, 9.17) is 14.2 Å². The quantitative estimate of drug-likeness (QED) is 0.766. The Bertz CT molecular complexity index is 784. The topological polar surface area (TPSA) is 56.8 Å². The maximum absolute atomic E-state index is 12.5. The van der Waals surface area contributed by atoms with Crippen molar-refractivity contribution >= 4 is 11.6 Å². The molecule has 0 saturated heterocycles. The summed E-state index contributed by atoms with van der Waals surface area (Å²) in [4.78, 5) is 12.5. The number of carbonyl (C=O) groups excluding carboxylic acids is 1. The number of nitrogens with one attached hydrogen (secondary N) is 1. The van der Waals surface area contributed by atoms with Gasteiger partial charge in [0, 0.05) is 11.8 Å². The van der Waals surface area contributed by atoms with Crippen LogP contribution in [-0.4, -0.2) is 25.2 Å². The first-order chi connectivity index (χ1) is 13.0. The largest absolute Gasteiger partial charge is 0.493 e. The van der Waals surface area contributed by atoms with Crippen molar-refractivity contribution in [2.24, 2.45) is 0 Å². The standard InChI is InChI=1S/C22H27NO4/c1-15-7-6-10-19(13-15)26-16(2)22(24)23-17-11-12-20(25-3)21(14-17)27-18-8-4-5-9-18/h6-7,10-14,16,18H,4-5,8-9H2,1-3H3,(H,23,24). The fraction of sp³-hybridized carbons (Fsp3) is 0.409. The zero-order valence-corrected chi connectivity index (χ0v) is 16.2. The highest BCUT2D eigenvalue weighted by Gasteiger charge is 2.20. The van der Waals surface area contributed by atoms with Gasteiger partial charge in [0.25, 0.3) is 5.91 Å². The molecule has 1 N–H and O–H groups in total. The van der Waals surface area contributed by atoms with E-state index in [9.17, 15) is 4.79 Å². The van der Waals surface area contributed by atoms with Crippen LogP contribution >= 0.6 is 0 Å². The van der Waals surface area contributed by atoms with Gasteiger partial charge < -0.3 is 19.5 Å². The Morgan fingerprint density at radius 1 is 1.11 bits per heavy atom. The molecule has 1 atom stereocenters. The Balaban J connectivity index is 1.65. The van der Waals surface area contributed by atoms with Crippen molar-refractivity contribution in [3.05, 3.63) is 48.0 Å². The van der Waals surface area contributed by atoms with Gasteiger partial charge in [-0.25, -0.2) is 0 Å². The lowest BCUT2D eigenvalue weighted by atomic mass is 10.2. The number of amides is 1. The van der Waals surface area contributed by atoms with Crippen molar-refractivity contribution in [2.45, 2.75) is 51.7 Å². The molecule has 0 bridgehead atoms. The molecule has 5 nitrogen and oxygen atoms in total. The molecule has 0 spiro atoms. The maximum Gasteiger partial charge on any atom is 0.265 e. The van der Waals surface area contributed by atoms with Crippen molar-refractivity contribution in [3.8, 4) is 17.2 Å². The second-order valence-corrected chi connectivity index (χ2v) is 6.96. The summed E-state index contributed by atoms with van der Waals surface area (Å²) >= 11 is 0. The van der Waals surface area contributed by atoms with E-state index >= 15 is 0 Å². The predicted molar refractivity (Wildman–Crippen MR) is 106 cm³/mol. The summed E-state index contributed by atoms with van der Waals surface area (Å²) in [6, 6.07) is 13.1. The van der Waals surface area contributed by atoms with E-state index in [1.807, 2.05) is 43.3 Å². The fourth-order valence-corrected chi connectivity index (χ4v) is 3.22. The lowest BCUT2D eigenvalue weighted by Crippen LogP contribution is -2.30. The normalized spacial score (nSPS) is 15.2. The molecular formula is C22H27NO4. The molecule has 1 unspecified atom stereocenters. The van der Waals surface area contributed by atoms with Crippen LogP contribution in [0, 0.1) is 6.92 Å². The second-order valence-electron chi connectivity index (χ2n) is 6.96. The van der Waals surface area contributed by atoms with E-state index in [-0.39, 0.29) is 12.0 Å². The molecule has 0 heterocycles. The first-order valence-electron chi connectivity index (χ1n) is 9.44. The Kier molecular flexibility index (Phi) is 6.22. The van der Waals surface area contributed by atoms with Crippen molar-refractivity contribution in [1.29, 1.82) is 0 Å². The first kappa shape index (κ1) is 19.1. The third-order valence-electron chi connectivity index (χ3n) is 4.70. The summed E-state index contributed by atoms with van der Waals surface area (Å²) in [5, 5.41) is 2.89. The fourth-order valence-electron chi connectivity index (χ4n) is 3.22. The average Bonchev–Trinajstić information content (AvgIpc) is 3.15. The molecule has 3 rings (SSSR count). The van der Waals surface area contributed by atoms with Crippen LogP contribution in [0.15, 0.2) is 42.5 Å². The van der Waals surface area contributed by atoms with Crippen molar-refractivity contribution in [2.75, 3.05) is 12.4 Å². The Morgan fingerprint density at radius 2 is 1.89 bits per heavy atom. The molecule has 1 aliphatic carbocycles. The highest BCUT2D eigenvalue weighted by molar-refractivity contribution is 5.94. The minimum absolute atomic E-state index is 0.214. The molecule has 1 aliphatic rings. The van der Waals surface area contributed by atoms with E-state index in [1.165, 1.54) is 12.8 Å². The highest BCUT2D eigenvalue weighted by atomic mass is 16.5. The minimum atomic E-state index is -0.617. The minimum Gasteiger partial charge on any atom is -0.493 e. The van der Waals surface area contributed by atoms with Gasteiger partial charge >= 0.3 is 0 Å². The van der Waals surface area contributed by atoms with Gasteiger partial charge in [0.2, 0.25) is 0 Å². The summed E-state index contributed by atoms with van der Waals surface area (Å²) in [6.45, 7) is 3.72. The summed E-state index contributed by atoms with van der Waals surface area (Å²) in [5.41, 5.74) is 1.75. The number of carbonyl (C=O) groups is 1.